The van der Waals surface area contributed by atoms with Crippen LogP contribution in [0, 0.1) is 5.92 Å². The number of nitrogens with two attached hydrogens (primary N) is 1. The van der Waals surface area contributed by atoms with Crippen LogP contribution in [0.5, 0.6) is 0 Å². The maximum atomic E-state index is 5.91. The molecule has 0 radical (unpaired) electrons. The third-order valence-corrected chi connectivity index (χ3v) is 5.67. The Morgan fingerprint density at radius 1 is 1.00 bits per heavy atom. The van der Waals surface area contributed by atoms with Crippen molar-refractivity contribution >= 4 is 59.4 Å². The van der Waals surface area contributed by atoms with Gasteiger partial charge in [-0.05, 0) is 42.5 Å². The molecular weight excluding hydrogens is 454 g/mol. The number of aromatic nitrogens is 2. The van der Waals surface area contributed by atoms with E-state index in [2.05, 4.69) is 90.5 Å². The summed E-state index contributed by atoms with van der Waals surface area (Å²) in [6, 6.07) is 17.0. The second-order valence-electron chi connectivity index (χ2n) is 6.87. The minimum atomic E-state index is 0.466. The highest BCUT2D eigenvalue weighted by atomic mass is 79.9. The van der Waals surface area contributed by atoms with Crippen molar-refractivity contribution in [3.05, 3.63) is 69.9 Å². The number of hydrogen-bond acceptors (Lipinski definition) is 1. The van der Waals surface area contributed by atoms with Crippen LogP contribution in [0.15, 0.2) is 69.9 Å². The molecule has 0 bridgehead atoms. The number of fused-ring (bicyclic) bond motifs is 3. The predicted octanol–water partition coefficient (Wildman–Crippen LogP) is 5.53. The Morgan fingerprint density at radius 3 is 2.19 bits per heavy atom. The van der Waals surface area contributed by atoms with Crippen LogP contribution in [-0.2, 0) is 13.1 Å². The molecule has 3 nitrogen and oxygen atoms in total. The SMILES string of the molecule is CC(Cn1c2ccc(Br)cc2c2cc(Br)ccc21)C[n+]1cccc(N)c1. The number of halogens is 2. The summed E-state index contributed by atoms with van der Waals surface area (Å²) in [7, 11) is 0. The zero-order chi connectivity index (χ0) is 18.3. The average Bonchev–Trinajstić information content (AvgIpc) is 2.87. The summed E-state index contributed by atoms with van der Waals surface area (Å²) in [5.74, 6) is 0.466. The van der Waals surface area contributed by atoms with Gasteiger partial charge in [-0.15, -0.1) is 0 Å². The van der Waals surface area contributed by atoms with Crippen molar-refractivity contribution in [1.82, 2.24) is 4.57 Å². The van der Waals surface area contributed by atoms with E-state index >= 15 is 0 Å². The molecule has 26 heavy (non-hydrogen) atoms. The van der Waals surface area contributed by atoms with Gasteiger partial charge in [0.2, 0.25) is 0 Å². The third-order valence-electron chi connectivity index (χ3n) is 4.69. The zero-order valence-electron chi connectivity index (χ0n) is 14.5. The normalized spacial score (nSPS) is 12.7. The van der Waals surface area contributed by atoms with E-state index in [-0.39, 0.29) is 0 Å². The molecule has 2 heterocycles. The van der Waals surface area contributed by atoms with Crippen LogP contribution in [-0.4, -0.2) is 4.57 Å². The van der Waals surface area contributed by atoms with Crippen LogP contribution < -0.4 is 10.3 Å². The molecule has 2 N–H and O–H groups in total. The molecule has 0 aliphatic rings. The van der Waals surface area contributed by atoms with Gasteiger partial charge in [0, 0.05) is 49.3 Å². The van der Waals surface area contributed by atoms with Crippen molar-refractivity contribution in [3.8, 4) is 0 Å². The van der Waals surface area contributed by atoms with Crippen molar-refractivity contribution in [1.29, 1.82) is 0 Å². The summed E-state index contributed by atoms with van der Waals surface area (Å²) >= 11 is 7.22. The molecule has 1 atom stereocenters. The Kier molecular flexibility index (Phi) is 4.76. The van der Waals surface area contributed by atoms with Crippen LogP contribution >= 0.6 is 31.9 Å². The number of nitrogens with zero attached hydrogens (tertiary/aromatic N) is 2. The van der Waals surface area contributed by atoms with Gasteiger partial charge in [0.05, 0.1) is 5.69 Å². The summed E-state index contributed by atoms with van der Waals surface area (Å²) < 4.78 is 6.81. The highest BCUT2D eigenvalue weighted by Crippen LogP contribution is 2.33. The summed E-state index contributed by atoms with van der Waals surface area (Å²) in [5, 5.41) is 2.55. The lowest BCUT2D eigenvalue weighted by Gasteiger charge is -2.12. The maximum Gasteiger partial charge on any atom is 0.191 e. The number of rotatable bonds is 4. The standard InChI is InChI=1S/C21H20Br2N3/c1-14(11-25-8-2-3-17(24)13-25)12-26-20-6-4-15(22)9-18(20)19-10-16(23)5-7-21(19)26/h2-10,13-14H,11-12,24H2,1H3/q+1. The Labute approximate surface area is 169 Å². The zero-order valence-corrected chi connectivity index (χ0v) is 17.7. The first-order chi connectivity index (χ1) is 12.5. The fraction of sp³-hybridized carbons (Fsp3) is 0.190. The van der Waals surface area contributed by atoms with Crippen molar-refractivity contribution in [2.24, 2.45) is 5.92 Å². The van der Waals surface area contributed by atoms with E-state index in [0.29, 0.717) is 5.92 Å². The molecule has 4 rings (SSSR count). The van der Waals surface area contributed by atoms with Gasteiger partial charge < -0.3 is 10.3 Å². The van der Waals surface area contributed by atoms with E-state index in [0.717, 1.165) is 27.7 Å². The molecule has 0 aliphatic heterocycles. The molecule has 0 aliphatic carbocycles. The molecule has 4 aromatic rings. The van der Waals surface area contributed by atoms with Crippen LogP contribution in [0.2, 0.25) is 0 Å². The van der Waals surface area contributed by atoms with Gasteiger partial charge in [-0.2, -0.15) is 0 Å². The number of hydrogen-bond donors (Lipinski definition) is 1. The van der Waals surface area contributed by atoms with Crippen molar-refractivity contribution < 1.29 is 4.57 Å². The van der Waals surface area contributed by atoms with Gasteiger partial charge in [-0.25, -0.2) is 4.57 Å². The first-order valence-electron chi connectivity index (χ1n) is 8.63. The number of anilines is 1. The molecule has 132 valence electrons. The molecule has 0 saturated heterocycles. The van der Waals surface area contributed by atoms with Crippen LogP contribution in [0.3, 0.4) is 0 Å². The minimum Gasteiger partial charge on any atom is -0.394 e. The lowest BCUT2D eigenvalue weighted by molar-refractivity contribution is -0.702. The van der Waals surface area contributed by atoms with Crippen molar-refractivity contribution in [2.75, 3.05) is 5.73 Å². The molecule has 5 heteroatoms. The Bertz CT molecular complexity index is 1040. The molecular formula is C21H20Br2N3+. The van der Waals surface area contributed by atoms with E-state index in [4.69, 9.17) is 5.73 Å². The summed E-state index contributed by atoms with van der Waals surface area (Å²) in [4.78, 5) is 0. The smallest absolute Gasteiger partial charge is 0.191 e. The Hall–Kier alpha value is -1.85. The first kappa shape index (κ1) is 17.6. The van der Waals surface area contributed by atoms with E-state index in [1.54, 1.807) is 0 Å². The van der Waals surface area contributed by atoms with E-state index in [1.807, 2.05) is 18.3 Å². The quantitative estimate of drug-likeness (QED) is 0.389. The molecule has 0 amide bonds. The van der Waals surface area contributed by atoms with Crippen LogP contribution in [0.1, 0.15) is 6.92 Å². The van der Waals surface area contributed by atoms with Crippen LogP contribution in [0.25, 0.3) is 21.8 Å². The highest BCUT2D eigenvalue weighted by Gasteiger charge is 2.16. The predicted molar refractivity (Wildman–Crippen MR) is 115 cm³/mol. The van der Waals surface area contributed by atoms with E-state index in [9.17, 15) is 0 Å². The fourth-order valence-corrected chi connectivity index (χ4v) is 4.35. The Morgan fingerprint density at radius 2 is 1.62 bits per heavy atom. The molecule has 0 saturated carbocycles. The topological polar surface area (TPSA) is 34.8 Å². The highest BCUT2D eigenvalue weighted by molar-refractivity contribution is 9.10. The van der Waals surface area contributed by atoms with Gasteiger partial charge in [-0.3, -0.25) is 0 Å². The van der Waals surface area contributed by atoms with Gasteiger partial charge in [-0.1, -0.05) is 38.8 Å². The largest absolute Gasteiger partial charge is 0.394 e. The van der Waals surface area contributed by atoms with Gasteiger partial charge >= 0.3 is 0 Å². The van der Waals surface area contributed by atoms with Gasteiger partial charge in [0.25, 0.3) is 0 Å². The van der Waals surface area contributed by atoms with Crippen LogP contribution in [0.4, 0.5) is 5.69 Å². The fourth-order valence-electron chi connectivity index (χ4n) is 3.63. The lowest BCUT2D eigenvalue weighted by atomic mass is 10.1. The minimum absolute atomic E-state index is 0.466. The monoisotopic (exact) mass is 472 g/mol. The summed E-state index contributed by atoms with van der Waals surface area (Å²) in [5.41, 5.74) is 9.25. The second kappa shape index (κ2) is 7.05. The second-order valence-corrected chi connectivity index (χ2v) is 8.70. The van der Waals surface area contributed by atoms with Gasteiger partial charge in [0.1, 0.15) is 0 Å². The maximum absolute atomic E-state index is 5.91. The van der Waals surface area contributed by atoms with Gasteiger partial charge in [0.15, 0.2) is 18.9 Å². The van der Waals surface area contributed by atoms with Crippen molar-refractivity contribution in [3.63, 3.8) is 0 Å². The Balaban J connectivity index is 1.75. The lowest BCUT2D eigenvalue weighted by Crippen LogP contribution is -2.37. The first-order valence-corrected chi connectivity index (χ1v) is 10.2. The van der Waals surface area contributed by atoms with Crippen molar-refractivity contribution in [2.45, 2.75) is 20.0 Å². The number of nitrogen functional groups attached to an aromatic ring is 1. The number of benzene rings is 2. The summed E-state index contributed by atoms with van der Waals surface area (Å²) in [6.45, 7) is 4.16. The molecule has 2 aromatic heterocycles. The van der Waals surface area contributed by atoms with E-state index in [1.165, 1.54) is 21.8 Å². The molecule has 0 spiro atoms. The number of pyridine rings is 1. The molecule has 2 aromatic carbocycles. The third kappa shape index (κ3) is 3.38. The molecule has 1 unspecified atom stereocenters. The molecule has 0 fully saturated rings. The average molecular weight is 474 g/mol. The van der Waals surface area contributed by atoms with E-state index < -0.39 is 0 Å². The summed E-state index contributed by atoms with van der Waals surface area (Å²) in [6.07, 6.45) is 4.07.